The number of nitrogens with one attached hydrogen (secondary N) is 2. The summed E-state index contributed by atoms with van der Waals surface area (Å²) < 4.78 is 0. The average Bonchev–Trinajstić information content (AvgIpc) is 2.52. The van der Waals surface area contributed by atoms with Crippen molar-refractivity contribution in [2.75, 3.05) is 14.1 Å². The van der Waals surface area contributed by atoms with E-state index in [2.05, 4.69) is 10.6 Å². The molecule has 10 nitrogen and oxygen atoms in total. The molecule has 0 aromatic heterocycles. The molecule has 1 atom stereocenters. The number of allylic oxidation sites excluding steroid dienone is 1. The third-order valence-electron chi connectivity index (χ3n) is 3.22. The molecular weight excluding hydrogens is 318 g/mol. The Labute approximate surface area is 136 Å². The highest BCUT2D eigenvalue weighted by Crippen LogP contribution is 2.29. The average molecular weight is 333 g/mol. The zero-order valence-electron chi connectivity index (χ0n) is 12.9. The number of hydrogen-bond acceptors (Lipinski definition) is 6. The first-order valence-corrected chi connectivity index (χ1v) is 6.84. The van der Waals surface area contributed by atoms with E-state index in [1.807, 2.05) is 0 Å². The van der Waals surface area contributed by atoms with Crippen LogP contribution in [0.3, 0.4) is 0 Å². The molecule has 0 spiro atoms. The molecule has 0 saturated carbocycles. The summed E-state index contributed by atoms with van der Waals surface area (Å²) >= 11 is 0. The van der Waals surface area contributed by atoms with Crippen LogP contribution in [0.1, 0.15) is 11.6 Å². The molecule has 24 heavy (non-hydrogen) atoms. The Morgan fingerprint density at radius 3 is 2.50 bits per heavy atom. The molecule has 1 aliphatic heterocycles. The van der Waals surface area contributed by atoms with Crippen molar-refractivity contribution in [1.29, 1.82) is 0 Å². The molecule has 0 bridgehead atoms. The number of carbonyl (C=O) groups is 1. The van der Waals surface area contributed by atoms with Crippen molar-refractivity contribution >= 4 is 11.7 Å². The maximum atomic E-state index is 11.8. The van der Waals surface area contributed by atoms with Gasteiger partial charge in [0.15, 0.2) is 0 Å². The Hall–Kier alpha value is -3.43. The standard InChI is InChI=1S/C14H15N5O5/c1-17(2)7-6-11-13(19(23)24)12(16-14(20)15-11)9-4-3-5-10(8-9)18(21)22/h3-8,12H,1-2H3,(H2,15,16,20)/b7-6+/t12-/m1/s1. The predicted molar refractivity (Wildman–Crippen MR) is 84.4 cm³/mol. The summed E-state index contributed by atoms with van der Waals surface area (Å²) in [6.07, 6.45) is 2.95. The number of urea groups is 1. The lowest BCUT2D eigenvalue weighted by molar-refractivity contribution is -0.432. The quantitative estimate of drug-likeness (QED) is 0.620. The van der Waals surface area contributed by atoms with Gasteiger partial charge in [0, 0.05) is 32.4 Å². The number of nitrogens with zero attached hydrogens (tertiary/aromatic N) is 3. The van der Waals surface area contributed by atoms with Crippen LogP contribution in [0.4, 0.5) is 10.5 Å². The molecular formula is C14H15N5O5. The number of nitro groups is 2. The van der Waals surface area contributed by atoms with Crippen LogP contribution in [0.25, 0.3) is 0 Å². The molecule has 2 amide bonds. The number of amides is 2. The number of hydrogen-bond donors (Lipinski definition) is 2. The van der Waals surface area contributed by atoms with Crippen molar-refractivity contribution < 1.29 is 14.6 Å². The van der Waals surface area contributed by atoms with Gasteiger partial charge >= 0.3 is 6.03 Å². The van der Waals surface area contributed by atoms with Crippen LogP contribution in [-0.4, -0.2) is 34.9 Å². The van der Waals surface area contributed by atoms with E-state index in [9.17, 15) is 25.0 Å². The topological polar surface area (TPSA) is 131 Å². The van der Waals surface area contributed by atoms with E-state index in [0.29, 0.717) is 0 Å². The van der Waals surface area contributed by atoms with Crippen molar-refractivity contribution in [2.45, 2.75) is 6.04 Å². The molecule has 2 rings (SSSR count). The Kier molecular flexibility index (Phi) is 4.78. The number of carbonyl (C=O) groups excluding carboxylic acids is 1. The predicted octanol–water partition coefficient (Wildman–Crippen LogP) is 1.51. The van der Waals surface area contributed by atoms with Crippen LogP contribution < -0.4 is 10.6 Å². The van der Waals surface area contributed by atoms with Crippen LogP contribution in [-0.2, 0) is 0 Å². The Morgan fingerprint density at radius 1 is 1.21 bits per heavy atom. The van der Waals surface area contributed by atoms with Crippen LogP contribution in [0, 0.1) is 20.2 Å². The van der Waals surface area contributed by atoms with Crippen molar-refractivity contribution in [2.24, 2.45) is 0 Å². The highest BCUT2D eigenvalue weighted by Gasteiger charge is 2.36. The summed E-state index contributed by atoms with van der Waals surface area (Å²) in [7, 11) is 3.45. The molecule has 2 N–H and O–H groups in total. The monoisotopic (exact) mass is 333 g/mol. The molecule has 1 aromatic rings. The Balaban J connectivity index is 2.55. The Bertz CT molecular complexity index is 756. The minimum Gasteiger partial charge on any atom is -0.383 e. The highest BCUT2D eigenvalue weighted by molar-refractivity contribution is 5.79. The maximum Gasteiger partial charge on any atom is 0.320 e. The smallest absolute Gasteiger partial charge is 0.320 e. The molecule has 0 saturated heterocycles. The summed E-state index contributed by atoms with van der Waals surface area (Å²) in [5, 5.41) is 27.2. The number of benzene rings is 1. The lowest BCUT2D eigenvalue weighted by Crippen LogP contribution is -2.45. The molecule has 0 fully saturated rings. The van der Waals surface area contributed by atoms with Gasteiger partial charge in [0.2, 0.25) is 0 Å². The molecule has 0 unspecified atom stereocenters. The van der Waals surface area contributed by atoms with Gasteiger partial charge in [0.25, 0.3) is 11.4 Å². The molecule has 1 heterocycles. The summed E-state index contributed by atoms with van der Waals surface area (Å²) in [5.41, 5.74) is -0.239. The van der Waals surface area contributed by atoms with E-state index in [-0.39, 0.29) is 22.6 Å². The fraction of sp³-hybridized carbons (Fsp3) is 0.214. The molecule has 126 valence electrons. The van der Waals surface area contributed by atoms with E-state index in [4.69, 9.17) is 0 Å². The first-order chi connectivity index (χ1) is 11.3. The lowest BCUT2D eigenvalue weighted by atomic mass is 10.00. The van der Waals surface area contributed by atoms with Gasteiger partial charge in [-0.05, 0) is 11.6 Å². The largest absolute Gasteiger partial charge is 0.383 e. The van der Waals surface area contributed by atoms with Crippen molar-refractivity contribution in [3.8, 4) is 0 Å². The van der Waals surface area contributed by atoms with Crippen LogP contribution in [0.15, 0.2) is 47.9 Å². The zero-order chi connectivity index (χ0) is 17.9. The minimum atomic E-state index is -1.10. The van der Waals surface area contributed by atoms with Gasteiger partial charge in [-0.3, -0.25) is 20.2 Å². The van der Waals surface area contributed by atoms with Crippen molar-refractivity contribution in [1.82, 2.24) is 15.5 Å². The van der Waals surface area contributed by atoms with E-state index in [0.717, 1.165) is 0 Å². The molecule has 0 aliphatic carbocycles. The zero-order valence-corrected chi connectivity index (χ0v) is 12.9. The minimum absolute atomic E-state index is 0.0222. The van der Waals surface area contributed by atoms with Crippen LogP contribution in [0.5, 0.6) is 0 Å². The number of nitro benzene ring substituents is 1. The number of rotatable bonds is 5. The van der Waals surface area contributed by atoms with E-state index >= 15 is 0 Å². The lowest BCUT2D eigenvalue weighted by Gasteiger charge is -2.23. The third kappa shape index (κ3) is 3.66. The first kappa shape index (κ1) is 16.9. The molecule has 1 aliphatic rings. The second-order valence-electron chi connectivity index (χ2n) is 5.22. The Morgan fingerprint density at radius 2 is 1.92 bits per heavy atom. The fourth-order valence-electron chi connectivity index (χ4n) is 2.19. The van der Waals surface area contributed by atoms with E-state index < -0.39 is 21.9 Å². The van der Waals surface area contributed by atoms with Gasteiger partial charge in [0.05, 0.1) is 9.85 Å². The van der Waals surface area contributed by atoms with Crippen LogP contribution >= 0.6 is 0 Å². The molecule has 0 radical (unpaired) electrons. The summed E-state index contributed by atoms with van der Waals surface area (Å²) in [4.78, 5) is 34.7. The SMILES string of the molecule is CN(C)/C=C/C1=C([N+](=O)[O-])[C@@H](c2cccc([N+](=O)[O-])c2)NC(=O)N1. The highest BCUT2D eigenvalue weighted by atomic mass is 16.6. The van der Waals surface area contributed by atoms with Gasteiger partial charge in [0.1, 0.15) is 11.7 Å². The molecule has 10 heteroatoms. The normalized spacial score (nSPS) is 17.4. The van der Waals surface area contributed by atoms with E-state index in [1.165, 1.54) is 30.3 Å². The first-order valence-electron chi connectivity index (χ1n) is 6.84. The van der Waals surface area contributed by atoms with Gasteiger partial charge in [-0.2, -0.15) is 0 Å². The van der Waals surface area contributed by atoms with Crippen LogP contribution in [0.2, 0.25) is 0 Å². The van der Waals surface area contributed by atoms with Gasteiger partial charge < -0.3 is 15.5 Å². The summed E-state index contributed by atoms with van der Waals surface area (Å²) in [6, 6.07) is 3.64. The van der Waals surface area contributed by atoms with Gasteiger partial charge in [-0.1, -0.05) is 12.1 Å². The fourth-order valence-corrected chi connectivity index (χ4v) is 2.19. The van der Waals surface area contributed by atoms with E-state index in [1.54, 1.807) is 25.2 Å². The van der Waals surface area contributed by atoms with Gasteiger partial charge in [-0.25, -0.2) is 4.79 Å². The van der Waals surface area contributed by atoms with Gasteiger partial charge in [-0.15, -0.1) is 0 Å². The van der Waals surface area contributed by atoms with Crippen molar-refractivity contribution in [3.05, 3.63) is 73.7 Å². The summed E-state index contributed by atoms with van der Waals surface area (Å²) in [6.45, 7) is 0. The summed E-state index contributed by atoms with van der Waals surface area (Å²) in [5.74, 6) is 0. The second-order valence-corrected chi connectivity index (χ2v) is 5.22. The second kappa shape index (κ2) is 6.77. The third-order valence-corrected chi connectivity index (χ3v) is 3.22. The molecule has 1 aromatic carbocycles. The number of non-ortho nitro benzene ring substituents is 1. The maximum absolute atomic E-state index is 11.8. The van der Waals surface area contributed by atoms with Crippen molar-refractivity contribution in [3.63, 3.8) is 0 Å².